The Labute approximate surface area is 265 Å². The van der Waals surface area contributed by atoms with Gasteiger partial charge in [-0.2, -0.15) is 0 Å². The Morgan fingerprint density at radius 2 is 1.50 bits per heavy atom. The fourth-order valence-electron chi connectivity index (χ4n) is 5.49. The minimum Gasteiger partial charge on any atom is -0.385 e. The molecule has 5 rings (SSSR count). The summed E-state index contributed by atoms with van der Waals surface area (Å²) in [5, 5.41) is 7.72. The first-order valence-corrected chi connectivity index (χ1v) is 16.9. The lowest BCUT2D eigenvalue weighted by Crippen LogP contribution is -2.11. The molecule has 3 aromatic rings. The first-order chi connectivity index (χ1) is 20.5. The summed E-state index contributed by atoms with van der Waals surface area (Å²) in [6.45, 7) is 17.9. The predicted molar refractivity (Wildman–Crippen MR) is 194 cm³/mol. The van der Waals surface area contributed by atoms with E-state index >= 15 is 0 Å². The van der Waals surface area contributed by atoms with Crippen molar-refractivity contribution >= 4 is 24.1 Å². The molecule has 1 unspecified atom stereocenters. The Bertz CT molecular complexity index is 1090. The molecule has 0 amide bonds. The summed E-state index contributed by atoms with van der Waals surface area (Å²) in [7, 11) is 0. The highest BCUT2D eigenvalue weighted by atomic mass is 32.1. The van der Waals surface area contributed by atoms with Gasteiger partial charge in [0.1, 0.15) is 0 Å². The third kappa shape index (κ3) is 14.6. The maximum Gasteiger partial charge on any atom is 0.0340 e. The van der Waals surface area contributed by atoms with Gasteiger partial charge in [-0.05, 0) is 104 Å². The third-order valence-electron chi connectivity index (χ3n) is 7.98. The molecule has 3 N–H and O–H groups in total. The molecule has 232 valence electrons. The van der Waals surface area contributed by atoms with Gasteiger partial charge in [0.2, 0.25) is 0 Å². The van der Waals surface area contributed by atoms with Gasteiger partial charge in [-0.1, -0.05) is 127 Å². The normalized spacial score (nSPS) is 15.1. The molecule has 1 saturated carbocycles. The number of rotatable bonds is 7. The second-order valence-electron chi connectivity index (χ2n) is 11.4. The quantitative estimate of drug-likeness (QED) is 0.240. The van der Waals surface area contributed by atoms with Crippen LogP contribution in [0.25, 0.3) is 5.57 Å². The fraction of sp³-hybridized carbons (Fsp3) is 0.487. The number of aryl methyl sites for hydroxylation is 3. The van der Waals surface area contributed by atoms with Crippen molar-refractivity contribution in [3.63, 3.8) is 0 Å². The van der Waals surface area contributed by atoms with Crippen molar-refractivity contribution in [3.8, 4) is 0 Å². The van der Waals surface area contributed by atoms with Crippen LogP contribution in [0.3, 0.4) is 0 Å². The zero-order valence-electron chi connectivity index (χ0n) is 27.6. The topological polar surface area (TPSA) is 38.0 Å². The molecule has 2 aliphatic rings. The summed E-state index contributed by atoms with van der Waals surface area (Å²) in [6, 6.07) is 26.2. The summed E-state index contributed by atoms with van der Waals surface area (Å²) in [6.07, 6.45) is 13.2. The van der Waals surface area contributed by atoms with Crippen molar-refractivity contribution in [3.05, 3.63) is 107 Å². The molecule has 3 heteroatoms. The van der Waals surface area contributed by atoms with Gasteiger partial charge in [0.25, 0.3) is 0 Å². The van der Waals surface area contributed by atoms with Crippen LogP contribution in [-0.4, -0.2) is 6.54 Å². The second kappa shape index (κ2) is 23.0. The van der Waals surface area contributed by atoms with E-state index in [-0.39, 0.29) is 0 Å². The van der Waals surface area contributed by atoms with Gasteiger partial charge in [-0.25, -0.2) is 0 Å². The number of thiol groups is 1. The highest BCUT2D eigenvalue weighted by molar-refractivity contribution is 7.77. The van der Waals surface area contributed by atoms with Crippen LogP contribution in [0.1, 0.15) is 108 Å². The van der Waals surface area contributed by atoms with Crippen LogP contribution in [0.5, 0.6) is 0 Å². The molecule has 0 heterocycles. The van der Waals surface area contributed by atoms with E-state index in [0.29, 0.717) is 0 Å². The van der Waals surface area contributed by atoms with E-state index in [1.54, 1.807) is 11.1 Å². The van der Waals surface area contributed by atoms with Crippen molar-refractivity contribution in [2.75, 3.05) is 11.9 Å². The van der Waals surface area contributed by atoms with Crippen LogP contribution < -0.4 is 10.5 Å². The molecule has 0 radical (unpaired) electrons. The predicted octanol–water partition coefficient (Wildman–Crippen LogP) is 11.2. The monoisotopic (exact) mass is 588 g/mol. The standard InChI is InChI=1S/C15H21N.C13H18.C9H12.C2H6.H3NS/c1-12(2)14-7-9-15(10-8-14)16-11-13-5-3-4-6-13;1-3-11-5-7-12-8-10(2)4-6-13(12)9-11;1-2-6-9-7-4-3-5-8-9;2*1-2/h7-10,13,16H,1,3-6,11H2,2H3;5,7,9-10H,3-4,6,8H2,1-2H3;3-5,7-8H,2,6H2,1H3;1-2H3;2H,1H2. The Balaban J connectivity index is 0.000000306. The van der Waals surface area contributed by atoms with Gasteiger partial charge in [-0.3, -0.25) is 5.14 Å². The van der Waals surface area contributed by atoms with E-state index in [9.17, 15) is 0 Å². The van der Waals surface area contributed by atoms with Crippen LogP contribution in [0.15, 0.2) is 79.4 Å². The molecule has 0 aliphatic heterocycles. The van der Waals surface area contributed by atoms with Gasteiger partial charge in [0.05, 0.1) is 0 Å². The van der Waals surface area contributed by atoms with Crippen molar-refractivity contribution in [2.45, 2.75) is 106 Å². The minimum atomic E-state index is 0.889. The first-order valence-electron chi connectivity index (χ1n) is 16.4. The molecule has 0 aromatic heterocycles. The zero-order valence-corrected chi connectivity index (χ0v) is 28.5. The van der Waals surface area contributed by atoms with Crippen LogP contribution in [0.4, 0.5) is 5.69 Å². The second-order valence-corrected chi connectivity index (χ2v) is 11.4. The van der Waals surface area contributed by atoms with Crippen LogP contribution in [0, 0.1) is 11.8 Å². The molecule has 0 saturated heterocycles. The summed E-state index contributed by atoms with van der Waals surface area (Å²) < 4.78 is 0. The maximum absolute atomic E-state index is 4.19. The Hall–Kier alpha value is -2.49. The summed E-state index contributed by atoms with van der Waals surface area (Å²) in [5.41, 5.74) is 9.73. The number of hydrogen-bond acceptors (Lipinski definition) is 3. The summed E-state index contributed by atoms with van der Waals surface area (Å²) in [5.74, 6) is 1.78. The average molecular weight is 589 g/mol. The molecule has 1 atom stereocenters. The fourth-order valence-corrected chi connectivity index (χ4v) is 5.49. The number of hydrogen-bond donors (Lipinski definition) is 3. The number of benzene rings is 3. The van der Waals surface area contributed by atoms with E-state index in [0.717, 1.165) is 24.0 Å². The number of nitrogens with two attached hydrogens (primary N) is 1. The molecule has 2 nitrogen and oxygen atoms in total. The van der Waals surface area contributed by atoms with Crippen LogP contribution >= 0.6 is 12.8 Å². The molecule has 2 aliphatic carbocycles. The summed E-state index contributed by atoms with van der Waals surface area (Å²) in [4.78, 5) is 0. The van der Waals surface area contributed by atoms with Crippen molar-refractivity contribution in [1.29, 1.82) is 0 Å². The van der Waals surface area contributed by atoms with Gasteiger partial charge in [0.15, 0.2) is 0 Å². The third-order valence-corrected chi connectivity index (χ3v) is 7.98. The highest BCUT2D eigenvalue weighted by Crippen LogP contribution is 2.26. The van der Waals surface area contributed by atoms with E-state index in [2.05, 4.69) is 123 Å². The van der Waals surface area contributed by atoms with Gasteiger partial charge in [0, 0.05) is 12.2 Å². The maximum atomic E-state index is 4.19. The lowest BCUT2D eigenvalue weighted by atomic mass is 9.84. The zero-order chi connectivity index (χ0) is 31.2. The Morgan fingerprint density at radius 3 is 2.07 bits per heavy atom. The van der Waals surface area contributed by atoms with E-state index in [1.165, 1.54) is 86.6 Å². The average Bonchev–Trinajstić information content (AvgIpc) is 3.57. The van der Waals surface area contributed by atoms with Crippen LogP contribution in [0.2, 0.25) is 0 Å². The smallest absolute Gasteiger partial charge is 0.0340 e. The SMILES string of the molecule is C=C(C)c1ccc(NCC2CCCC2)cc1.CC.CCCc1ccccc1.CCc1ccc2c(c1)CCC(C)C2.NS. The van der Waals surface area contributed by atoms with E-state index in [4.69, 9.17) is 0 Å². The Morgan fingerprint density at radius 1 is 0.857 bits per heavy atom. The van der Waals surface area contributed by atoms with Gasteiger partial charge >= 0.3 is 0 Å². The lowest BCUT2D eigenvalue weighted by molar-refractivity contribution is 0.501. The molecular formula is C39H60N2S. The highest BCUT2D eigenvalue weighted by Gasteiger charge is 2.15. The molecule has 1 fully saturated rings. The molecule has 42 heavy (non-hydrogen) atoms. The van der Waals surface area contributed by atoms with Crippen molar-refractivity contribution < 1.29 is 0 Å². The number of nitrogens with one attached hydrogen (secondary N) is 1. The Kier molecular flexibility index (Phi) is 20.6. The molecule has 3 aromatic carbocycles. The van der Waals surface area contributed by atoms with Gasteiger partial charge < -0.3 is 5.32 Å². The van der Waals surface area contributed by atoms with Crippen LogP contribution in [-0.2, 0) is 25.7 Å². The first kappa shape index (κ1) is 37.5. The number of fused-ring (bicyclic) bond motifs is 1. The van der Waals surface area contributed by atoms with Crippen molar-refractivity contribution in [2.24, 2.45) is 17.0 Å². The molecule has 0 bridgehead atoms. The largest absolute Gasteiger partial charge is 0.385 e. The molecular weight excluding hydrogens is 529 g/mol. The number of anilines is 1. The van der Waals surface area contributed by atoms with Gasteiger partial charge in [-0.15, -0.1) is 12.8 Å². The lowest BCUT2D eigenvalue weighted by Gasteiger charge is -2.21. The molecule has 0 spiro atoms. The van der Waals surface area contributed by atoms with E-state index < -0.39 is 0 Å². The minimum absolute atomic E-state index is 0.889. The van der Waals surface area contributed by atoms with E-state index in [1.807, 2.05) is 20.8 Å². The van der Waals surface area contributed by atoms with Crippen molar-refractivity contribution in [1.82, 2.24) is 0 Å². The summed E-state index contributed by atoms with van der Waals surface area (Å²) >= 11 is 3.03. The number of allylic oxidation sites excluding steroid dienone is 1.